The molecule has 178 valence electrons. The van der Waals surface area contributed by atoms with Crippen LogP contribution in [0.2, 0.25) is 0 Å². The first-order valence-electron chi connectivity index (χ1n) is 9.20. The van der Waals surface area contributed by atoms with Crippen LogP contribution in [0.3, 0.4) is 0 Å². The molecule has 0 saturated heterocycles. The number of carbonyl (C=O) groups is 4. The van der Waals surface area contributed by atoms with Gasteiger partial charge in [0.05, 0.1) is 13.1 Å². The minimum atomic E-state index is -2.99. The van der Waals surface area contributed by atoms with Crippen LogP contribution in [0.5, 0.6) is 0 Å². The van der Waals surface area contributed by atoms with Crippen LogP contribution in [0.4, 0.5) is 0 Å². The van der Waals surface area contributed by atoms with Crippen LogP contribution in [0.1, 0.15) is 20.8 Å². The predicted molar refractivity (Wildman–Crippen MR) is 105 cm³/mol. The van der Waals surface area contributed by atoms with Crippen LogP contribution in [0.15, 0.2) is 0 Å². The van der Waals surface area contributed by atoms with Crippen molar-refractivity contribution in [2.45, 2.75) is 39.1 Å². The smallest absolute Gasteiger partial charge is 0.480 e. The molecular weight excluding hydrogens is 441 g/mol. The lowest BCUT2D eigenvalue weighted by Gasteiger charge is -2.32. The van der Waals surface area contributed by atoms with Crippen LogP contribution < -0.4 is 0 Å². The van der Waals surface area contributed by atoms with Gasteiger partial charge < -0.3 is 20.4 Å². The van der Waals surface area contributed by atoms with Gasteiger partial charge >= 0.3 is 32.1 Å². The van der Waals surface area contributed by atoms with Gasteiger partial charge in [-0.05, 0) is 20.8 Å². The van der Waals surface area contributed by atoms with Crippen molar-refractivity contribution in [3.05, 3.63) is 0 Å². The predicted octanol–water partition coefficient (Wildman–Crippen LogP) is -0.980. The molecule has 0 aliphatic rings. The van der Waals surface area contributed by atoms with Gasteiger partial charge in [-0.1, -0.05) is 0 Å². The highest BCUT2D eigenvalue weighted by Gasteiger charge is 2.29. The van der Waals surface area contributed by atoms with Gasteiger partial charge in [-0.2, -0.15) is 0 Å². The molecule has 0 fully saturated rings. The van der Waals surface area contributed by atoms with Crippen LogP contribution in [-0.4, -0.2) is 121 Å². The maximum Gasteiger partial charge on any atom is 0.696 e. The lowest BCUT2D eigenvalue weighted by molar-refractivity contribution is -0.147. The summed E-state index contributed by atoms with van der Waals surface area (Å²) in [5.74, 6) is -4.97. The summed E-state index contributed by atoms with van der Waals surface area (Å²) in [5, 5.41) is 36.4. The molecule has 0 aromatic carbocycles. The van der Waals surface area contributed by atoms with E-state index in [9.17, 15) is 23.7 Å². The molecule has 4 unspecified atom stereocenters. The monoisotopic (exact) mass is 470 g/mol. The normalized spacial score (nSPS) is 15.0. The first-order valence-corrected chi connectivity index (χ1v) is 10.3. The minimum absolute atomic E-state index is 0.00238. The lowest BCUT2D eigenvalue weighted by atomic mass is 10.2. The zero-order chi connectivity index (χ0) is 24.3. The number of rotatable bonds is 17. The SMILES string of the molecule is CC(O[P+](=O)O)N(CCN(CC(=O)O)C(C)C(=O)O)CCN(CC(=O)O)C(C)C(=O)O. The quantitative estimate of drug-likeness (QED) is 0.128. The van der Waals surface area contributed by atoms with Gasteiger partial charge in [0.15, 0.2) is 6.23 Å². The highest BCUT2D eigenvalue weighted by atomic mass is 31.1. The van der Waals surface area contributed by atoms with E-state index in [-0.39, 0.29) is 26.2 Å². The van der Waals surface area contributed by atoms with Crippen molar-refractivity contribution in [2.24, 2.45) is 0 Å². The Bertz CT molecular complexity index is 619. The highest BCUT2D eigenvalue weighted by Crippen LogP contribution is 2.20. The van der Waals surface area contributed by atoms with E-state index in [1.165, 1.54) is 25.7 Å². The van der Waals surface area contributed by atoms with Crippen LogP contribution in [0, 0.1) is 0 Å². The molecule has 0 aliphatic carbocycles. The third kappa shape index (κ3) is 11.7. The molecule has 0 aromatic rings. The molecule has 14 nitrogen and oxygen atoms in total. The molecule has 0 aliphatic heterocycles. The summed E-state index contributed by atoms with van der Waals surface area (Å²) in [6, 6.07) is -2.25. The highest BCUT2D eigenvalue weighted by molar-refractivity contribution is 7.32. The zero-order valence-electron chi connectivity index (χ0n) is 17.4. The number of hydrogen-bond donors (Lipinski definition) is 5. The third-order valence-electron chi connectivity index (χ3n) is 4.59. The van der Waals surface area contributed by atoms with E-state index in [4.69, 9.17) is 29.8 Å². The average Bonchev–Trinajstić information content (AvgIpc) is 2.63. The van der Waals surface area contributed by atoms with Crippen molar-refractivity contribution in [3.63, 3.8) is 0 Å². The molecular formula is C16H29N3O11P+. The fourth-order valence-electron chi connectivity index (χ4n) is 2.67. The summed E-state index contributed by atoms with van der Waals surface area (Å²) in [6.45, 7) is 2.78. The molecule has 4 atom stereocenters. The second kappa shape index (κ2) is 14.0. The molecule has 0 spiro atoms. The Morgan fingerprint density at radius 1 is 0.742 bits per heavy atom. The van der Waals surface area contributed by atoms with Crippen molar-refractivity contribution in [3.8, 4) is 0 Å². The standard InChI is InChI=1S/C16H28N3O11P/c1-10(15(24)25)18(8-13(20)21)6-4-17(12(3)30-31(28)29)5-7-19(9-14(22)23)11(2)16(26)27/h10-12H,4-9H2,1-3H3,(H4-,20,21,22,23,24,25,26,27,28,29)/p+1. The van der Waals surface area contributed by atoms with E-state index >= 15 is 0 Å². The lowest BCUT2D eigenvalue weighted by Crippen LogP contribution is -2.50. The van der Waals surface area contributed by atoms with Crippen LogP contribution >= 0.6 is 8.25 Å². The van der Waals surface area contributed by atoms with Crippen molar-refractivity contribution >= 4 is 32.1 Å². The fraction of sp³-hybridized carbons (Fsp3) is 0.750. The van der Waals surface area contributed by atoms with E-state index in [1.54, 1.807) is 0 Å². The largest absolute Gasteiger partial charge is 0.696 e. The minimum Gasteiger partial charge on any atom is -0.480 e. The molecule has 15 heteroatoms. The van der Waals surface area contributed by atoms with Gasteiger partial charge in [-0.3, -0.25) is 33.9 Å². The van der Waals surface area contributed by atoms with E-state index in [0.717, 1.165) is 9.80 Å². The Labute approximate surface area is 179 Å². The maximum absolute atomic E-state index is 11.2. The Kier molecular flexibility index (Phi) is 13.0. The molecule has 0 radical (unpaired) electrons. The molecule has 5 N–H and O–H groups in total. The molecule has 31 heavy (non-hydrogen) atoms. The van der Waals surface area contributed by atoms with Gasteiger partial charge in [0.2, 0.25) is 0 Å². The number of nitrogens with zero attached hydrogens (tertiary/aromatic N) is 3. The van der Waals surface area contributed by atoms with E-state index in [0.29, 0.717) is 0 Å². The molecule has 0 rings (SSSR count). The van der Waals surface area contributed by atoms with Crippen molar-refractivity contribution in [1.82, 2.24) is 14.7 Å². The van der Waals surface area contributed by atoms with E-state index in [1.807, 2.05) is 0 Å². The van der Waals surface area contributed by atoms with Crippen LogP contribution in [0.25, 0.3) is 0 Å². The molecule has 0 saturated carbocycles. The van der Waals surface area contributed by atoms with Crippen molar-refractivity contribution in [1.29, 1.82) is 0 Å². The third-order valence-corrected chi connectivity index (χ3v) is 5.08. The molecule has 0 aromatic heterocycles. The Balaban J connectivity index is 5.42. The number of carboxylic acid groups (broad SMARTS) is 4. The van der Waals surface area contributed by atoms with Gasteiger partial charge in [-0.25, -0.2) is 0 Å². The Morgan fingerprint density at radius 3 is 1.32 bits per heavy atom. The van der Waals surface area contributed by atoms with Crippen molar-refractivity contribution < 1.29 is 53.6 Å². The van der Waals surface area contributed by atoms with Gasteiger partial charge in [0.25, 0.3) is 0 Å². The summed E-state index contributed by atoms with van der Waals surface area (Å²) in [4.78, 5) is 57.4. The first-order chi connectivity index (χ1) is 14.3. The maximum atomic E-state index is 11.2. The van der Waals surface area contributed by atoms with Gasteiger partial charge in [0, 0.05) is 30.7 Å². The number of carboxylic acids is 4. The number of hydrogen-bond acceptors (Lipinski definition) is 9. The Morgan fingerprint density at radius 2 is 1.06 bits per heavy atom. The number of aliphatic carboxylic acids is 4. The summed E-state index contributed by atoms with van der Waals surface area (Å²) in [5.41, 5.74) is 0. The first kappa shape index (κ1) is 28.8. The summed E-state index contributed by atoms with van der Waals surface area (Å²) in [7, 11) is -2.99. The summed E-state index contributed by atoms with van der Waals surface area (Å²) in [6.07, 6.45) is -0.979. The molecule has 0 amide bonds. The molecule has 0 heterocycles. The van der Waals surface area contributed by atoms with Crippen molar-refractivity contribution in [2.75, 3.05) is 39.3 Å². The van der Waals surface area contributed by atoms with Gasteiger partial charge in [-0.15, -0.1) is 9.42 Å². The summed E-state index contributed by atoms with van der Waals surface area (Å²) < 4.78 is 15.9. The average molecular weight is 470 g/mol. The molecule has 0 bridgehead atoms. The topological polar surface area (TPSA) is 205 Å². The second-order valence-electron chi connectivity index (χ2n) is 6.74. The van der Waals surface area contributed by atoms with Crippen LogP contribution in [-0.2, 0) is 28.3 Å². The van der Waals surface area contributed by atoms with Gasteiger partial charge in [0.1, 0.15) is 12.1 Å². The van der Waals surface area contributed by atoms with E-state index in [2.05, 4.69) is 0 Å². The Hall–Kier alpha value is -2.22. The van der Waals surface area contributed by atoms with E-state index < -0.39 is 63.5 Å². The fourth-order valence-corrected chi connectivity index (χ4v) is 3.06. The second-order valence-corrected chi connectivity index (χ2v) is 7.42. The zero-order valence-corrected chi connectivity index (χ0v) is 18.3. The summed E-state index contributed by atoms with van der Waals surface area (Å²) >= 11 is 0.